The lowest BCUT2D eigenvalue weighted by atomic mass is 9.91. The number of carbonyl (C=O) groups is 2. The number of nitrogens with zero attached hydrogens (tertiary/aromatic N) is 1. The van der Waals surface area contributed by atoms with Crippen molar-refractivity contribution in [2.45, 2.75) is 33.2 Å². The van der Waals surface area contributed by atoms with Crippen LogP contribution in [0.2, 0.25) is 0 Å². The molecule has 1 atom stereocenters. The molecule has 1 aromatic carbocycles. The Morgan fingerprint density at radius 1 is 1.39 bits per heavy atom. The van der Waals surface area contributed by atoms with Gasteiger partial charge in [-0.25, -0.2) is 0 Å². The zero-order chi connectivity index (χ0) is 17.1. The van der Waals surface area contributed by atoms with Gasteiger partial charge in [0.1, 0.15) is 5.75 Å². The molecule has 0 radical (unpaired) electrons. The molecule has 1 aliphatic heterocycles. The van der Waals surface area contributed by atoms with Gasteiger partial charge in [-0.05, 0) is 24.1 Å². The van der Waals surface area contributed by atoms with Crippen molar-refractivity contribution in [3.63, 3.8) is 0 Å². The van der Waals surface area contributed by atoms with Gasteiger partial charge in [0.15, 0.2) is 11.5 Å². The highest BCUT2D eigenvalue weighted by molar-refractivity contribution is 6.09. The molecule has 1 unspecified atom stereocenters. The molecule has 124 valence electrons. The van der Waals surface area contributed by atoms with E-state index in [1.807, 2.05) is 19.1 Å². The number of carbonyl (C=O) groups excluding carboxylic acids is 2. The molecule has 0 aliphatic carbocycles. The number of ether oxygens (including phenoxy) is 1. The van der Waals surface area contributed by atoms with Crippen molar-refractivity contribution in [2.75, 3.05) is 13.7 Å². The summed E-state index contributed by atoms with van der Waals surface area (Å²) in [4.78, 5) is 26.5. The van der Waals surface area contributed by atoms with Crippen molar-refractivity contribution in [3.05, 3.63) is 41.2 Å². The summed E-state index contributed by atoms with van der Waals surface area (Å²) in [5.74, 6) is -0.764. The van der Waals surface area contributed by atoms with Gasteiger partial charge in [0, 0.05) is 12.5 Å². The van der Waals surface area contributed by atoms with Gasteiger partial charge in [-0.2, -0.15) is 0 Å². The molecule has 23 heavy (non-hydrogen) atoms. The van der Waals surface area contributed by atoms with Crippen LogP contribution in [-0.2, 0) is 9.59 Å². The molecule has 2 rings (SSSR count). The molecule has 0 aromatic heterocycles. The molecule has 5 heteroatoms. The molecular weight excluding hydrogens is 294 g/mol. The summed E-state index contributed by atoms with van der Waals surface area (Å²) in [6.07, 6.45) is 0.739. The largest absolute Gasteiger partial charge is 0.503 e. The van der Waals surface area contributed by atoms with E-state index in [4.69, 9.17) is 4.74 Å². The van der Waals surface area contributed by atoms with Crippen LogP contribution in [0.5, 0.6) is 5.75 Å². The van der Waals surface area contributed by atoms with Gasteiger partial charge in [-0.3, -0.25) is 9.59 Å². The zero-order valence-electron chi connectivity index (χ0n) is 14.0. The Morgan fingerprint density at radius 3 is 2.65 bits per heavy atom. The van der Waals surface area contributed by atoms with Gasteiger partial charge < -0.3 is 14.7 Å². The number of Topliss-reactive ketones (excluding diaryl/α,β-unsaturated/α-hetero) is 1. The molecule has 0 fully saturated rings. The number of hydrogen-bond donors (Lipinski definition) is 1. The topological polar surface area (TPSA) is 66.8 Å². The van der Waals surface area contributed by atoms with Crippen molar-refractivity contribution in [1.29, 1.82) is 0 Å². The lowest BCUT2D eigenvalue weighted by Crippen LogP contribution is -2.32. The normalized spacial score (nSPS) is 18.0. The number of aliphatic hydroxyl groups excluding tert-OH is 1. The van der Waals surface area contributed by atoms with E-state index in [9.17, 15) is 14.7 Å². The molecule has 0 saturated heterocycles. The maximum Gasteiger partial charge on any atom is 0.290 e. The number of hydrogen-bond acceptors (Lipinski definition) is 4. The molecule has 1 N–H and O–H groups in total. The molecule has 1 aliphatic rings. The number of aliphatic hydroxyl groups is 1. The van der Waals surface area contributed by atoms with Crippen molar-refractivity contribution in [2.24, 2.45) is 5.92 Å². The fraction of sp³-hybridized carbons (Fsp3) is 0.444. The van der Waals surface area contributed by atoms with Gasteiger partial charge in [-0.15, -0.1) is 0 Å². The van der Waals surface area contributed by atoms with Gasteiger partial charge >= 0.3 is 0 Å². The number of rotatable bonds is 6. The van der Waals surface area contributed by atoms with Gasteiger partial charge in [0.2, 0.25) is 0 Å². The highest BCUT2D eigenvalue weighted by atomic mass is 16.5. The summed E-state index contributed by atoms with van der Waals surface area (Å²) in [5.41, 5.74) is 0.950. The lowest BCUT2D eigenvalue weighted by Gasteiger charge is -2.27. The maximum atomic E-state index is 12.6. The number of methoxy groups -OCH3 is 1. The zero-order valence-corrected chi connectivity index (χ0v) is 14.0. The second-order valence-electron chi connectivity index (χ2n) is 5.96. The monoisotopic (exact) mass is 317 g/mol. The van der Waals surface area contributed by atoms with Crippen LogP contribution in [0.3, 0.4) is 0 Å². The van der Waals surface area contributed by atoms with E-state index in [0.29, 0.717) is 12.3 Å². The van der Waals surface area contributed by atoms with Crippen LogP contribution < -0.4 is 4.74 Å². The first-order chi connectivity index (χ1) is 10.9. The van der Waals surface area contributed by atoms with Crippen LogP contribution in [0.15, 0.2) is 35.6 Å². The van der Waals surface area contributed by atoms with Crippen LogP contribution in [0.1, 0.15) is 38.8 Å². The molecule has 0 spiro atoms. The molecule has 0 saturated carbocycles. The van der Waals surface area contributed by atoms with E-state index < -0.39 is 17.7 Å². The highest BCUT2D eigenvalue weighted by Gasteiger charge is 2.43. The van der Waals surface area contributed by atoms with Crippen LogP contribution in [0.25, 0.3) is 0 Å². The van der Waals surface area contributed by atoms with Crippen molar-refractivity contribution in [3.8, 4) is 5.75 Å². The predicted molar refractivity (Wildman–Crippen MR) is 87.2 cm³/mol. The summed E-state index contributed by atoms with van der Waals surface area (Å²) < 4.78 is 5.24. The average Bonchev–Trinajstić information content (AvgIpc) is 2.79. The third-order valence-corrected chi connectivity index (χ3v) is 3.97. The fourth-order valence-corrected chi connectivity index (χ4v) is 2.85. The Kier molecular flexibility index (Phi) is 5.08. The van der Waals surface area contributed by atoms with Crippen LogP contribution >= 0.6 is 0 Å². The van der Waals surface area contributed by atoms with Crippen LogP contribution in [0.4, 0.5) is 0 Å². The third-order valence-electron chi connectivity index (χ3n) is 3.97. The highest BCUT2D eigenvalue weighted by Crippen LogP contribution is 2.39. The second kappa shape index (κ2) is 6.86. The fourth-order valence-electron chi connectivity index (χ4n) is 2.85. The van der Waals surface area contributed by atoms with Crippen molar-refractivity contribution < 1.29 is 19.4 Å². The average molecular weight is 317 g/mol. The van der Waals surface area contributed by atoms with Crippen molar-refractivity contribution >= 4 is 11.7 Å². The minimum absolute atomic E-state index is 0.187. The molecule has 1 amide bonds. The minimum atomic E-state index is -0.563. The molecule has 0 bridgehead atoms. The van der Waals surface area contributed by atoms with Gasteiger partial charge in [0.05, 0.1) is 18.7 Å². The summed E-state index contributed by atoms with van der Waals surface area (Å²) in [6.45, 7) is 5.95. The Morgan fingerprint density at radius 2 is 2.09 bits per heavy atom. The third kappa shape index (κ3) is 3.09. The minimum Gasteiger partial charge on any atom is -0.503 e. The van der Waals surface area contributed by atoms with E-state index in [2.05, 4.69) is 0 Å². The van der Waals surface area contributed by atoms with E-state index in [-0.39, 0.29) is 17.3 Å². The number of ketones is 1. The van der Waals surface area contributed by atoms with E-state index in [1.54, 1.807) is 38.0 Å². The van der Waals surface area contributed by atoms with Crippen LogP contribution in [-0.4, -0.2) is 35.4 Å². The standard InChI is InChI=1S/C18H23NO4/c1-5-9-19-15(12-7-6-8-13(10-12)23-4)14(16(20)11(2)3)17(21)18(19)22/h6-8,10-11,15,21H,5,9H2,1-4H3. The second-order valence-corrected chi connectivity index (χ2v) is 5.96. The van der Waals surface area contributed by atoms with Crippen LogP contribution in [0, 0.1) is 5.92 Å². The Balaban J connectivity index is 2.56. The van der Waals surface area contributed by atoms with E-state index >= 15 is 0 Å². The Labute approximate surface area is 136 Å². The smallest absolute Gasteiger partial charge is 0.290 e. The SMILES string of the molecule is CCCN1C(=O)C(O)=C(C(=O)C(C)C)C1c1cccc(OC)c1. The molecule has 1 heterocycles. The predicted octanol–water partition coefficient (Wildman–Crippen LogP) is 3.03. The summed E-state index contributed by atoms with van der Waals surface area (Å²) >= 11 is 0. The molecular formula is C18H23NO4. The summed E-state index contributed by atoms with van der Waals surface area (Å²) in [5, 5.41) is 10.3. The first-order valence-corrected chi connectivity index (χ1v) is 7.84. The van der Waals surface area contributed by atoms with Gasteiger partial charge in [-0.1, -0.05) is 32.9 Å². The Bertz CT molecular complexity index is 648. The number of benzene rings is 1. The van der Waals surface area contributed by atoms with E-state index in [0.717, 1.165) is 12.0 Å². The maximum absolute atomic E-state index is 12.6. The first-order valence-electron chi connectivity index (χ1n) is 7.84. The quantitative estimate of drug-likeness (QED) is 0.876. The summed E-state index contributed by atoms with van der Waals surface area (Å²) in [6, 6.07) is 6.70. The Hall–Kier alpha value is -2.30. The number of amides is 1. The summed E-state index contributed by atoms with van der Waals surface area (Å²) in [7, 11) is 1.57. The van der Waals surface area contributed by atoms with E-state index in [1.165, 1.54) is 0 Å². The van der Waals surface area contributed by atoms with Crippen molar-refractivity contribution in [1.82, 2.24) is 4.90 Å². The lowest BCUT2D eigenvalue weighted by molar-refractivity contribution is -0.129. The first kappa shape index (κ1) is 17.1. The molecule has 5 nitrogen and oxygen atoms in total. The van der Waals surface area contributed by atoms with Gasteiger partial charge in [0.25, 0.3) is 5.91 Å². The molecule has 1 aromatic rings.